The summed E-state index contributed by atoms with van der Waals surface area (Å²) in [5, 5.41) is 11.4. The summed E-state index contributed by atoms with van der Waals surface area (Å²) in [5.74, 6) is 1.01. The molecule has 0 aromatic rings. The van der Waals surface area contributed by atoms with E-state index in [2.05, 4.69) is 25.9 Å². The van der Waals surface area contributed by atoms with Gasteiger partial charge < -0.3 is 9.94 Å². The molecule has 98 valence electrons. The average Bonchev–Trinajstić information content (AvgIpc) is 2.27. The van der Waals surface area contributed by atoms with Crippen molar-refractivity contribution in [3.63, 3.8) is 0 Å². The van der Waals surface area contributed by atoms with Crippen LogP contribution in [0.15, 0.2) is 5.16 Å². The highest BCUT2D eigenvalue weighted by Crippen LogP contribution is 2.35. The molecule has 17 heavy (non-hydrogen) atoms. The Balaban J connectivity index is 2.67. The first-order chi connectivity index (χ1) is 7.95. The molecule has 0 bridgehead atoms. The molecule has 3 atom stereocenters. The summed E-state index contributed by atoms with van der Waals surface area (Å²) in [6, 6.07) is 0. The van der Waals surface area contributed by atoms with Gasteiger partial charge in [0.25, 0.3) is 0 Å². The van der Waals surface area contributed by atoms with Crippen LogP contribution in [0.4, 0.5) is 0 Å². The van der Waals surface area contributed by atoms with E-state index >= 15 is 0 Å². The second-order valence-corrected chi connectivity index (χ2v) is 5.46. The fraction of sp³-hybridized carbons (Fsp3) is 0.846. The first kappa shape index (κ1) is 14.0. The van der Waals surface area contributed by atoms with Crippen molar-refractivity contribution in [3.8, 4) is 0 Å². The summed E-state index contributed by atoms with van der Waals surface area (Å²) in [6.45, 7) is 7.96. The van der Waals surface area contributed by atoms with E-state index < -0.39 is 5.97 Å². The van der Waals surface area contributed by atoms with Gasteiger partial charge in [0.15, 0.2) is 5.71 Å². The molecular formula is C13H23NO3. The molecule has 1 aliphatic rings. The number of carbonyl (C=O) groups excluding carboxylic acids is 1. The van der Waals surface area contributed by atoms with Crippen LogP contribution in [0.25, 0.3) is 0 Å². The zero-order chi connectivity index (χ0) is 13.0. The Kier molecular flexibility index (Phi) is 4.97. The Bertz CT molecular complexity index is 299. The van der Waals surface area contributed by atoms with Gasteiger partial charge in [-0.05, 0) is 37.5 Å². The molecule has 0 saturated heterocycles. The minimum Gasteiger partial charge on any atom is -0.458 e. The lowest BCUT2D eigenvalue weighted by molar-refractivity contribution is -0.147. The molecule has 1 N–H and O–H groups in total. The SMILES string of the molecule is C/C(=N/O)C(=O)O[C@H]1C[C@H](C)CC[C@H]1C(C)C. The number of nitrogens with zero attached hydrogens (tertiary/aromatic N) is 1. The average molecular weight is 241 g/mol. The molecule has 0 amide bonds. The molecule has 1 rings (SSSR count). The van der Waals surface area contributed by atoms with Gasteiger partial charge in [0.1, 0.15) is 6.10 Å². The van der Waals surface area contributed by atoms with Gasteiger partial charge in [-0.25, -0.2) is 4.79 Å². The van der Waals surface area contributed by atoms with Crippen molar-refractivity contribution < 1.29 is 14.7 Å². The van der Waals surface area contributed by atoms with E-state index in [1.807, 2.05) is 0 Å². The summed E-state index contributed by atoms with van der Waals surface area (Å²) in [4.78, 5) is 11.6. The van der Waals surface area contributed by atoms with Crippen molar-refractivity contribution in [2.75, 3.05) is 0 Å². The number of hydrogen-bond donors (Lipinski definition) is 1. The van der Waals surface area contributed by atoms with Crippen molar-refractivity contribution in [1.82, 2.24) is 0 Å². The zero-order valence-electron chi connectivity index (χ0n) is 11.1. The molecular weight excluding hydrogens is 218 g/mol. The largest absolute Gasteiger partial charge is 0.458 e. The van der Waals surface area contributed by atoms with Gasteiger partial charge in [-0.15, -0.1) is 0 Å². The van der Waals surface area contributed by atoms with Gasteiger partial charge >= 0.3 is 5.97 Å². The Morgan fingerprint density at radius 1 is 1.41 bits per heavy atom. The van der Waals surface area contributed by atoms with Crippen LogP contribution in [-0.2, 0) is 9.53 Å². The molecule has 4 heteroatoms. The Morgan fingerprint density at radius 2 is 2.06 bits per heavy atom. The van der Waals surface area contributed by atoms with Gasteiger partial charge in [-0.3, -0.25) is 0 Å². The van der Waals surface area contributed by atoms with Crippen molar-refractivity contribution >= 4 is 11.7 Å². The van der Waals surface area contributed by atoms with Gasteiger partial charge in [0, 0.05) is 0 Å². The van der Waals surface area contributed by atoms with Crippen molar-refractivity contribution in [1.29, 1.82) is 0 Å². The molecule has 0 heterocycles. The van der Waals surface area contributed by atoms with Crippen LogP contribution in [-0.4, -0.2) is 23.0 Å². The van der Waals surface area contributed by atoms with Crippen LogP contribution in [0.1, 0.15) is 47.0 Å². The monoisotopic (exact) mass is 241 g/mol. The standard InChI is InChI=1S/C13H23NO3/c1-8(2)11-6-5-9(3)7-12(11)17-13(15)10(4)14-16/h8-9,11-12,16H,5-7H2,1-4H3/b14-10-/t9-,11+,12+/m1/s1. The van der Waals surface area contributed by atoms with Gasteiger partial charge in [-0.1, -0.05) is 32.3 Å². The van der Waals surface area contributed by atoms with Crippen LogP contribution >= 0.6 is 0 Å². The minimum absolute atomic E-state index is 0.0192. The lowest BCUT2D eigenvalue weighted by Crippen LogP contribution is -2.37. The summed E-state index contributed by atoms with van der Waals surface area (Å²) in [7, 11) is 0. The van der Waals surface area contributed by atoms with Crippen molar-refractivity contribution in [2.24, 2.45) is 22.9 Å². The molecule has 0 unspecified atom stereocenters. The lowest BCUT2D eigenvalue weighted by atomic mass is 9.75. The van der Waals surface area contributed by atoms with E-state index in [9.17, 15) is 4.79 Å². The highest BCUT2D eigenvalue weighted by molar-refractivity contribution is 6.35. The van der Waals surface area contributed by atoms with E-state index in [0.29, 0.717) is 17.8 Å². The maximum atomic E-state index is 11.6. The predicted molar refractivity (Wildman–Crippen MR) is 66.1 cm³/mol. The van der Waals surface area contributed by atoms with Gasteiger partial charge in [0.05, 0.1) is 0 Å². The van der Waals surface area contributed by atoms with E-state index in [0.717, 1.165) is 12.8 Å². The number of esters is 1. The lowest BCUT2D eigenvalue weighted by Gasteiger charge is -2.36. The van der Waals surface area contributed by atoms with Gasteiger partial charge in [0.2, 0.25) is 0 Å². The quantitative estimate of drug-likeness (QED) is 0.358. The van der Waals surface area contributed by atoms with Crippen LogP contribution in [0.2, 0.25) is 0 Å². The summed E-state index contributed by atoms with van der Waals surface area (Å²) in [6.07, 6.45) is 3.17. The highest BCUT2D eigenvalue weighted by atomic mass is 16.5. The fourth-order valence-electron chi connectivity index (χ4n) is 2.51. The molecule has 0 aliphatic heterocycles. The molecule has 4 nitrogen and oxygen atoms in total. The Labute approximate surface area is 103 Å². The smallest absolute Gasteiger partial charge is 0.356 e. The number of rotatable bonds is 3. The third-order valence-electron chi connectivity index (χ3n) is 3.67. The summed E-state index contributed by atoms with van der Waals surface area (Å²) >= 11 is 0. The molecule has 1 saturated carbocycles. The normalized spacial score (nSPS) is 30.4. The number of hydrogen-bond acceptors (Lipinski definition) is 4. The first-order valence-electron chi connectivity index (χ1n) is 6.35. The maximum Gasteiger partial charge on any atom is 0.356 e. The summed E-state index contributed by atoms with van der Waals surface area (Å²) < 4.78 is 5.46. The third-order valence-corrected chi connectivity index (χ3v) is 3.67. The second-order valence-electron chi connectivity index (χ2n) is 5.46. The van der Waals surface area contributed by atoms with E-state index in [-0.39, 0.29) is 11.8 Å². The molecule has 1 aliphatic carbocycles. The van der Waals surface area contributed by atoms with E-state index in [4.69, 9.17) is 9.94 Å². The fourth-order valence-corrected chi connectivity index (χ4v) is 2.51. The summed E-state index contributed by atoms with van der Waals surface area (Å²) in [5.41, 5.74) is 0.0192. The highest BCUT2D eigenvalue weighted by Gasteiger charge is 2.33. The maximum absolute atomic E-state index is 11.6. The minimum atomic E-state index is -0.503. The predicted octanol–water partition coefficient (Wildman–Crippen LogP) is 2.84. The van der Waals surface area contributed by atoms with Crippen LogP contribution in [0, 0.1) is 17.8 Å². The Morgan fingerprint density at radius 3 is 2.59 bits per heavy atom. The topological polar surface area (TPSA) is 58.9 Å². The number of ether oxygens (including phenoxy) is 1. The Hall–Kier alpha value is -1.06. The molecule has 1 fully saturated rings. The van der Waals surface area contributed by atoms with Crippen molar-refractivity contribution in [3.05, 3.63) is 0 Å². The number of carbonyl (C=O) groups is 1. The second kappa shape index (κ2) is 6.03. The molecule has 0 aromatic heterocycles. The molecule has 0 aromatic carbocycles. The van der Waals surface area contributed by atoms with Crippen molar-refractivity contribution in [2.45, 2.75) is 53.1 Å². The molecule has 0 radical (unpaired) electrons. The van der Waals surface area contributed by atoms with Crippen LogP contribution < -0.4 is 0 Å². The first-order valence-corrected chi connectivity index (χ1v) is 6.35. The van der Waals surface area contributed by atoms with Crippen LogP contribution in [0.5, 0.6) is 0 Å². The molecule has 0 spiro atoms. The van der Waals surface area contributed by atoms with Gasteiger partial charge in [-0.2, -0.15) is 0 Å². The van der Waals surface area contributed by atoms with E-state index in [1.165, 1.54) is 13.3 Å². The number of oxime groups is 1. The van der Waals surface area contributed by atoms with Crippen LogP contribution in [0.3, 0.4) is 0 Å². The zero-order valence-corrected chi connectivity index (χ0v) is 11.1. The third kappa shape index (κ3) is 3.72. The van der Waals surface area contributed by atoms with E-state index in [1.54, 1.807) is 0 Å².